The number of hydrogen-bond acceptors (Lipinski definition) is 2. The van der Waals surface area contributed by atoms with Gasteiger partial charge >= 0.3 is 0 Å². The summed E-state index contributed by atoms with van der Waals surface area (Å²) in [6.45, 7) is 14.1. The van der Waals surface area contributed by atoms with Crippen LogP contribution in [-0.4, -0.2) is 19.0 Å². The van der Waals surface area contributed by atoms with Gasteiger partial charge in [0.2, 0.25) is 0 Å². The van der Waals surface area contributed by atoms with Crippen LogP contribution in [0.5, 0.6) is 0 Å². The Morgan fingerprint density at radius 1 is 1.20 bits per heavy atom. The molecule has 1 fully saturated rings. The summed E-state index contributed by atoms with van der Waals surface area (Å²) in [5.74, 6) is 1.18. The van der Waals surface area contributed by atoms with E-state index in [0.29, 0.717) is 17.9 Å². The fraction of sp³-hybridized carbons (Fsp3) is 1.00. The van der Waals surface area contributed by atoms with Crippen molar-refractivity contribution in [3.05, 3.63) is 0 Å². The Bertz CT molecular complexity index is 197. The van der Waals surface area contributed by atoms with Crippen LogP contribution in [-0.2, 0) is 9.47 Å². The first kappa shape index (κ1) is 13.0. The van der Waals surface area contributed by atoms with Gasteiger partial charge in [0, 0.05) is 11.8 Å². The maximum absolute atomic E-state index is 6.05. The third kappa shape index (κ3) is 3.46. The molecule has 2 atom stereocenters. The Labute approximate surface area is 94.3 Å². The molecule has 2 nitrogen and oxygen atoms in total. The lowest BCUT2D eigenvalue weighted by molar-refractivity contribution is -0.273. The monoisotopic (exact) mass is 214 g/mol. The van der Waals surface area contributed by atoms with E-state index < -0.39 is 0 Å². The summed E-state index contributed by atoms with van der Waals surface area (Å²) >= 11 is 0. The SMILES string of the molecule is CC(C)C[C@H]1OCC(C)(C)[C@H](C(C)C)O1. The average Bonchev–Trinajstić information content (AvgIpc) is 2.06. The zero-order chi connectivity index (χ0) is 11.6. The van der Waals surface area contributed by atoms with Crippen LogP contribution < -0.4 is 0 Å². The molecule has 1 aliphatic rings. The van der Waals surface area contributed by atoms with Gasteiger partial charge < -0.3 is 9.47 Å². The highest BCUT2D eigenvalue weighted by Gasteiger charge is 2.39. The molecule has 0 amide bonds. The smallest absolute Gasteiger partial charge is 0.158 e. The first-order chi connectivity index (χ1) is 6.83. The fourth-order valence-electron chi connectivity index (χ4n) is 2.34. The average molecular weight is 214 g/mol. The predicted octanol–water partition coefficient (Wildman–Crippen LogP) is 3.46. The first-order valence-electron chi connectivity index (χ1n) is 6.10. The quantitative estimate of drug-likeness (QED) is 0.716. The molecule has 0 aromatic rings. The molecule has 1 heterocycles. The van der Waals surface area contributed by atoms with Crippen molar-refractivity contribution in [1.29, 1.82) is 0 Å². The van der Waals surface area contributed by atoms with Gasteiger partial charge in [0.1, 0.15) is 0 Å². The molecule has 0 aromatic heterocycles. The number of ether oxygens (including phenoxy) is 2. The largest absolute Gasteiger partial charge is 0.352 e. The minimum Gasteiger partial charge on any atom is -0.352 e. The van der Waals surface area contributed by atoms with Gasteiger partial charge in [-0.3, -0.25) is 0 Å². The predicted molar refractivity (Wildman–Crippen MR) is 62.7 cm³/mol. The summed E-state index contributed by atoms with van der Waals surface area (Å²) in [7, 11) is 0. The first-order valence-corrected chi connectivity index (χ1v) is 6.10. The zero-order valence-electron chi connectivity index (χ0n) is 11.0. The minimum absolute atomic E-state index is 0.00502. The maximum Gasteiger partial charge on any atom is 0.158 e. The van der Waals surface area contributed by atoms with Gasteiger partial charge in [0.25, 0.3) is 0 Å². The van der Waals surface area contributed by atoms with E-state index in [0.717, 1.165) is 13.0 Å². The summed E-state index contributed by atoms with van der Waals surface area (Å²) in [6.07, 6.45) is 1.32. The highest BCUT2D eigenvalue weighted by Crippen LogP contribution is 2.35. The van der Waals surface area contributed by atoms with E-state index in [-0.39, 0.29) is 11.7 Å². The van der Waals surface area contributed by atoms with Gasteiger partial charge in [-0.25, -0.2) is 0 Å². The van der Waals surface area contributed by atoms with Gasteiger partial charge in [0.05, 0.1) is 12.7 Å². The Balaban J connectivity index is 2.58. The van der Waals surface area contributed by atoms with Gasteiger partial charge in [-0.1, -0.05) is 41.5 Å². The van der Waals surface area contributed by atoms with Crippen molar-refractivity contribution < 1.29 is 9.47 Å². The van der Waals surface area contributed by atoms with Gasteiger partial charge in [0.15, 0.2) is 6.29 Å². The topological polar surface area (TPSA) is 18.5 Å². The Morgan fingerprint density at radius 2 is 1.80 bits per heavy atom. The summed E-state index contributed by atoms with van der Waals surface area (Å²) in [6, 6.07) is 0. The fourth-order valence-corrected chi connectivity index (χ4v) is 2.34. The van der Waals surface area contributed by atoms with Crippen molar-refractivity contribution in [2.45, 2.75) is 60.4 Å². The van der Waals surface area contributed by atoms with Crippen molar-refractivity contribution in [3.63, 3.8) is 0 Å². The van der Waals surface area contributed by atoms with Crippen LogP contribution in [0.3, 0.4) is 0 Å². The van der Waals surface area contributed by atoms with E-state index >= 15 is 0 Å². The summed E-state index contributed by atoms with van der Waals surface area (Å²) in [5.41, 5.74) is 0.141. The Hall–Kier alpha value is -0.0800. The highest BCUT2D eigenvalue weighted by molar-refractivity contribution is 4.84. The third-order valence-electron chi connectivity index (χ3n) is 2.98. The molecule has 0 N–H and O–H groups in total. The molecule has 0 spiro atoms. The second-order valence-corrected chi connectivity index (χ2v) is 6.16. The van der Waals surface area contributed by atoms with E-state index in [2.05, 4.69) is 41.5 Å². The van der Waals surface area contributed by atoms with Crippen molar-refractivity contribution in [2.75, 3.05) is 6.61 Å². The van der Waals surface area contributed by atoms with Gasteiger partial charge in [-0.15, -0.1) is 0 Å². The van der Waals surface area contributed by atoms with E-state index in [1.165, 1.54) is 0 Å². The van der Waals surface area contributed by atoms with E-state index in [1.807, 2.05) is 0 Å². The lowest BCUT2D eigenvalue weighted by atomic mass is 9.80. The van der Waals surface area contributed by atoms with Crippen molar-refractivity contribution in [2.24, 2.45) is 17.3 Å². The van der Waals surface area contributed by atoms with Crippen LogP contribution in [0.1, 0.15) is 48.0 Å². The molecule has 0 aliphatic carbocycles. The normalized spacial score (nSPS) is 31.2. The van der Waals surface area contributed by atoms with Crippen LogP contribution in [0, 0.1) is 17.3 Å². The summed E-state index contributed by atoms with van der Waals surface area (Å²) in [5, 5.41) is 0. The molecule has 0 radical (unpaired) electrons. The molecule has 15 heavy (non-hydrogen) atoms. The molecule has 1 rings (SSSR count). The van der Waals surface area contributed by atoms with Crippen molar-refractivity contribution in [3.8, 4) is 0 Å². The lowest BCUT2D eigenvalue weighted by Crippen LogP contribution is -2.48. The Kier molecular flexibility index (Phi) is 4.19. The molecule has 1 saturated heterocycles. The Morgan fingerprint density at radius 3 is 2.27 bits per heavy atom. The van der Waals surface area contributed by atoms with E-state index in [9.17, 15) is 0 Å². The molecule has 0 saturated carbocycles. The van der Waals surface area contributed by atoms with E-state index in [1.54, 1.807) is 0 Å². The molecule has 2 heteroatoms. The number of rotatable bonds is 3. The maximum atomic E-state index is 6.05. The lowest BCUT2D eigenvalue weighted by Gasteiger charge is -2.44. The zero-order valence-corrected chi connectivity index (χ0v) is 11.0. The second kappa shape index (κ2) is 4.84. The molecule has 0 bridgehead atoms. The molecule has 1 aliphatic heterocycles. The van der Waals surface area contributed by atoms with Crippen molar-refractivity contribution in [1.82, 2.24) is 0 Å². The standard InChI is InChI=1S/C13H26O2/c1-9(2)7-11-14-8-13(5,6)12(15-11)10(3)4/h9-12H,7-8H2,1-6H3/t11-,12-/m0/s1. The van der Waals surface area contributed by atoms with E-state index in [4.69, 9.17) is 9.47 Å². The second-order valence-electron chi connectivity index (χ2n) is 6.16. The van der Waals surface area contributed by atoms with Gasteiger partial charge in [-0.05, 0) is 11.8 Å². The molecular formula is C13H26O2. The van der Waals surface area contributed by atoms with Crippen LogP contribution in [0.15, 0.2) is 0 Å². The number of hydrogen-bond donors (Lipinski definition) is 0. The summed E-state index contributed by atoms with van der Waals surface area (Å²) in [4.78, 5) is 0. The van der Waals surface area contributed by atoms with Crippen LogP contribution in [0.4, 0.5) is 0 Å². The van der Waals surface area contributed by atoms with Crippen molar-refractivity contribution >= 4 is 0 Å². The molecule has 0 unspecified atom stereocenters. The summed E-state index contributed by atoms with van der Waals surface area (Å²) < 4.78 is 11.8. The highest BCUT2D eigenvalue weighted by atomic mass is 16.7. The van der Waals surface area contributed by atoms with Crippen LogP contribution >= 0.6 is 0 Å². The van der Waals surface area contributed by atoms with Crippen LogP contribution in [0.2, 0.25) is 0 Å². The molecule has 90 valence electrons. The molecule has 0 aromatic carbocycles. The minimum atomic E-state index is 0.00502. The third-order valence-corrected chi connectivity index (χ3v) is 2.98. The molecular weight excluding hydrogens is 188 g/mol. The van der Waals surface area contributed by atoms with Gasteiger partial charge in [-0.2, -0.15) is 0 Å². The van der Waals surface area contributed by atoms with Crippen LogP contribution in [0.25, 0.3) is 0 Å².